The number of carbonyl (C=O) groups is 2. The number of benzene rings is 2. The van der Waals surface area contributed by atoms with Crippen LogP contribution < -0.4 is 0 Å². The van der Waals surface area contributed by atoms with Gasteiger partial charge in [0.1, 0.15) is 0 Å². The van der Waals surface area contributed by atoms with Gasteiger partial charge in [0, 0.05) is 0 Å². The van der Waals surface area contributed by atoms with Gasteiger partial charge in [0.15, 0.2) is 0 Å². The molecule has 0 aromatic heterocycles. The molecule has 2 aromatic rings. The van der Waals surface area contributed by atoms with Crippen molar-refractivity contribution in [3.63, 3.8) is 0 Å². The summed E-state index contributed by atoms with van der Waals surface area (Å²) in [6.07, 6.45) is 0.0793. The van der Waals surface area contributed by atoms with Crippen LogP contribution in [0.25, 0.3) is 5.70 Å². The molecule has 2 aromatic carbocycles. The van der Waals surface area contributed by atoms with E-state index < -0.39 is 5.97 Å². The Hall–Kier alpha value is -2.88. The fraction of sp³-hybridized carbons (Fsp3) is 0.200. The SMILES string of the molecule is CCOC(=O)C1=C(c2ccccc2)N(Cc2ccccc2)C(=O)C1. The highest BCUT2D eigenvalue weighted by Crippen LogP contribution is 2.34. The van der Waals surface area contributed by atoms with Crippen LogP contribution in [0.15, 0.2) is 66.2 Å². The second-order valence-corrected chi connectivity index (χ2v) is 5.56. The Balaban J connectivity index is 2.02. The van der Waals surface area contributed by atoms with Crippen LogP contribution in [0.2, 0.25) is 0 Å². The van der Waals surface area contributed by atoms with Crippen molar-refractivity contribution >= 4 is 17.6 Å². The molecule has 0 unspecified atom stereocenters. The van der Waals surface area contributed by atoms with Gasteiger partial charge in [-0.15, -0.1) is 0 Å². The summed E-state index contributed by atoms with van der Waals surface area (Å²) in [6.45, 7) is 2.49. The number of rotatable bonds is 5. The molecule has 0 atom stereocenters. The van der Waals surface area contributed by atoms with E-state index in [2.05, 4.69) is 0 Å². The molecule has 0 fully saturated rings. The minimum absolute atomic E-state index is 0.0793. The van der Waals surface area contributed by atoms with Crippen molar-refractivity contribution in [2.45, 2.75) is 19.9 Å². The number of hydrogen-bond donors (Lipinski definition) is 0. The van der Waals surface area contributed by atoms with Crippen molar-refractivity contribution in [1.29, 1.82) is 0 Å². The fourth-order valence-electron chi connectivity index (χ4n) is 2.86. The lowest BCUT2D eigenvalue weighted by molar-refractivity contribution is -0.139. The molecule has 0 radical (unpaired) electrons. The van der Waals surface area contributed by atoms with E-state index in [9.17, 15) is 9.59 Å². The predicted molar refractivity (Wildman–Crippen MR) is 91.6 cm³/mol. The van der Waals surface area contributed by atoms with Crippen LogP contribution in [0, 0.1) is 0 Å². The van der Waals surface area contributed by atoms with Gasteiger partial charge in [0.05, 0.1) is 30.8 Å². The van der Waals surface area contributed by atoms with Crippen LogP contribution in [0.3, 0.4) is 0 Å². The van der Waals surface area contributed by atoms with Gasteiger partial charge in [-0.2, -0.15) is 0 Å². The molecule has 0 bridgehead atoms. The molecule has 0 spiro atoms. The van der Waals surface area contributed by atoms with Crippen LogP contribution >= 0.6 is 0 Å². The van der Waals surface area contributed by atoms with Crippen molar-refractivity contribution in [3.8, 4) is 0 Å². The Morgan fingerprint density at radius 2 is 1.67 bits per heavy atom. The van der Waals surface area contributed by atoms with Crippen molar-refractivity contribution in [3.05, 3.63) is 77.4 Å². The lowest BCUT2D eigenvalue weighted by atomic mass is 10.1. The molecular weight excluding hydrogens is 302 g/mol. The van der Waals surface area contributed by atoms with E-state index in [4.69, 9.17) is 4.74 Å². The third kappa shape index (κ3) is 3.23. The molecule has 3 rings (SSSR count). The predicted octanol–water partition coefficient (Wildman–Crippen LogP) is 3.39. The highest BCUT2D eigenvalue weighted by atomic mass is 16.5. The Kier molecular flexibility index (Phi) is 4.75. The molecule has 4 heteroatoms. The highest BCUT2D eigenvalue weighted by Gasteiger charge is 2.35. The first-order chi connectivity index (χ1) is 11.7. The maximum absolute atomic E-state index is 12.6. The van der Waals surface area contributed by atoms with E-state index in [0.29, 0.717) is 17.8 Å². The van der Waals surface area contributed by atoms with Gasteiger partial charge < -0.3 is 9.64 Å². The molecule has 24 heavy (non-hydrogen) atoms. The summed E-state index contributed by atoms with van der Waals surface area (Å²) in [5.41, 5.74) is 2.96. The Bertz CT molecular complexity index is 766. The first-order valence-corrected chi connectivity index (χ1v) is 8.00. The van der Waals surface area contributed by atoms with Crippen LogP contribution in [0.1, 0.15) is 24.5 Å². The van der Waals surface area contributed by atoms with E-state index in [1.807, 2.05) is 60.7 Å². The fourth-order valence-corrected chi connectivity index (χ4v) is 2.86. The number of hydrogen-bond acceptors (Lipinski definition) is 3. The molecule has 1 aliphatic heterocycles. The maximum Gasteiger partial charge on any atom is 0.336 e. The molecule has 0 aliphatic carbocycles. The van der Waals surface area contributed by atoms with Gasteiger partial charge in [0.2, 0.25) is 5.91 Å². The zero-order chi connectivity index (χ0) is 16.9. The summed E-state index contributed by atoms with van der Waals surface area (Å²) < 4.78 is 5.15. The molecule has 1 heterocycles. The topological polar surface area (TPSA) is 46.6 Å². The van der Waals surface area contributed by atoms with E-state index in [1.54, 1.807) is 11.8 Å². The van der Waals surface area contributed by atoms with Gasteiger partial charge >= 0.3 is 5.97 Å². The van der Waals surface area contributed by atoms with E-state index in [1.165, 1.54) is 0 Å². The summed E-state index contributed by atoms with van der Waals surface area (Å²) >= 11 is 0. The van der Waals surface area contributed by atoms with Crippen molar-refractivity contribution in [1.82, 2.24) is 4.90 Å². The molecule has 4 nitrogen and oxygen atoms in total. The van der Waals surface area contributed by atoms with Crippen LogP contribution in [-0.2, 0) is 20.9 Å². The highest BCUT2D eigenvalue weighted by molar-refractivity contribution is 6.09. The largest absolute Gasteiger partial charge is 0.463 e. The smallest absolute Gasteiger partial charge is 0.336 e. The Morgan fingerprint density at radius 1 is 1.04 bits per heavy atom. The third-order valence-electron chi connectivity index (χ3n) is 3.94. The number of carbonyl (C=O) groups excluding carboxylic acids is 2. The molecule has 0 saturated carbocycles. The van der Waals surface area contributed by atoms with Gasteiger partial charge in [-0.3, -0.25) is 4.79 Å². The molecular formula is C20H19NO3. The zero-order valence-corrected chi connectivity index (χ0v) is 13.6. The van der Waals surface area contributed by atoms with Crippen molar-refractivity contribution in [2.24, 2.45) is 0 Å². The molecule has 122 valence electrons. The zero-order valence-electron chi connectivity index (χ0n) is 13.6. The first-order valence-electron chi connectivity index (χ1n) is 8.00. The van der Waals surface area contributed by atoms with Crippen molar-refractivity contribution in [2.75, 3.05) is 6.61 Å². The maximum atomic E-state index is 12.6. The number of esters is 1. The number of ether oxygens (including phenoxy) is 1. The van der Waals surface area contributed by atoms with Crippen LogP contribution in [0.4, 0.5) is 0 Å². The summed E-state index contributed by atoms with van der Waals surface area (Å²) in [7, 11) is 0. The van der Waals surface area contributed by atoms with Gasteiger partial charge in [-0.05, 0) is 18.1 Å². The summed E-state index contributed by atoms with van der Waals surface area (Å²) in [5, 5.41) is 0. The standard InChI is InChI=1S/C20H19NO3/c1-2-24-20(23)17-13-18(22)21(14-15-9-5-3-6-10-15)19(17)16-11-7-4-8-12-16/h3-12H,2,13-14H2,1H3. The minimum atomic E-state index is -0.416. The average molecular weight is 321 g/mol. The van der Waals surface area contributed by atoms with Crippen molar-refractivity contribution < 1.29 is 14.3 Å². The number of amides is 1. The second kappa shape index (κ2) is 7.13. The molecule has 1 amide bonds. The monoisotopic (exact) mass is 321 g/mol. The number of nitrogens with zero attached hydrogens (tertiary/aromatic N) is 1. The Morgan fingerprint density at radius 3 is 2.29 bits per heavy atom. The molecule has 0 N–H and O–H groups in total. The van der Waals surface area contributed by atoms with Gasteiger partial charge in [-0.1, -0.05) is 60.7 Å². The molecule has 1 aliphatic rings. The van der Waals surface area contributed by atoms with Gasteiger partial charge in [-0.25, -0.2) is 4.79 Å². The summed E-state index contributed by atoms with van der Waals surface area (Å²) in [5.74, 6) is -0.499. The minimum Gasteiger partial charge on any atom is -0.463 e. The van der Waals surface area contributed by atoms with Gasteiger partial charge in [0.25, 0.3) is 0 Å². The van der Waals surface area contributed by atoms with Crippen LogP contribution in [-0.4, -0.2) is 23.4 Å². The van der Waals surface area contributed by atoms with E-state index in [-0.39, 0.29) is 18.9 Å². The van der Waals surface area contributed by atoms with E-state index in [0.717, 1.165) is 11.1 Å². The normalized spacial score (nSPS) is 14.2. The third-order valence-corrected chi connectivity index (χ3v) is 3.94. The summed E-state index contributed by atoms with van der Waals surface area (Å²) in [4.78, 5) is 26.5. The summed E-state index contributed by atoms with van der Waals surface area (Å²) in [6, 6.07) is 19.3. The first kappa shape index (κ1) is 16.0. The lowest BCUT2D eigenvalue weighted by Gasteiger charge is -2.21. The lowest BCUT2D eigenvalue weighted by Crippen LogP contribution is -2.24. The Labute approximate surface area is 141 Å². The van der Waals surface area contributed by atoms with E-state index >= 15 is 0 Å². The average Bonchev–Trinajstić information content (AvgIpc) is 2.93. The van der Waals surface area contributed by atoms with Crippen LogP contribution in [0.5, 0.6) is 0 Å². The quantitative estimate of drug-likeness (QED) is 0.793. The second-order valence-electron chi connectivity index (χ2n) is 5.56. The molecule has 0 saturated heterocycles.